The summed E-state index contributed by atoms with van der Waals surface area (Å²) in [6.45, 7) is 1.61. The zero-order valence-corrected chi connectivity index (χ0v) is 10.1. The molecule has 0 amide bonds. The second-order valence-corrected chi connectivity index (χ2v) is 4.61. The van der Waals surface area contributed by atoms with E-state index in [0.717, 1.165) is 12.5 Å². The van der Waals surface area contributed by atoms with E-state index in [2.05, 4.69) is 21.5 Å². The lowest BCUT2D eigenvalue weighted by atomic mass is 9.94. The predicted molar refractivity (Wildman–Crippen MR) is 66.5 cm³/mol. The van der Waals surface area contributed by atoms with Crippen LogP contribution in [0, 0.1) is 0 Å². The third-order valence-corrected chi connectivity index (χ3v) is 3.44. The second kappa shape index (κ2) is 5.34. The molecule has 0 atom stereocenters. The lowest BCUT2D eigenvalue weighted by molar-refractivity contribution is 0.410. The topological polar surface area (TPSA) is 47.1 Å². The summed E-state index contributed by atoms with van der Waals surface area (Å²) in [5, 5.41) is 0. The maximum atomic E-state index is 5.71. The van der Waals surface area contributed by atoms with Crippen LogP contribution in [0.3, 0.4) is 0 Å². The average molecular weight is 222 g/mol. The summed E-state index contributed by atoms with van der Waals surface area (Å²) in [7, 11) is 2.05. The molecule has 0 spiro atoms. The van der Waals surface area contributed by atoms with Gasteiger partial charge >= 0.3 is 0 Å². The quantitative estimate of drug-likeness (QED) is 0.840. The molecule has 1 heterocycles. The molecular weight excluding hydrogens is 200 g/mol. The van der Waals surface area contributed by atoms with Gasteiger partial charge in [0.2, 0.25) is 5.95 Å². The highest BCUT2D eigenvalue weighted by atomic mass is 15.3. The van der Waals surface area contributed by atoms with Crippen LogP contribution in [-0.2, 0) is 7.05 Å². The molecule has 1 fully saturated rings. The molecule has 16 heavy (non-hydrogen) atoms. The minimum atomic E-state index is 0.637. The standard InChI is InChI=1S/C12H22N4/c1-15-10-8-14-12(15)16(9-7-13)11-5-3-2-4-6-11/h8,10-11H,2-7,9,13H2,1H3. The van der Waals surface area contributed by atoms with Crippen molar-refractivity contribution >= 4 is 5.95 Å². The molecule has 2 rings (SSSR count). The van der Waals surface area contributed by atoms with Gasteiger partial charge < -0.3 is 15.2 Å². The van der Waals surface area contributed by atoms with Crippen LogP contribution in [0.5, 0.6) is 0 Å². The first-order valence-corrected chi connectivity index (χ1v) is 6.27. The average Bonchev–Trinajstić information content (AvgIpc) is 2.73. The highest BCUT2D eigenvalue weighted by Gasteiger charge is 2.23. The van der Waals surface area contributed by atoms with E-state index in [4.69, 9.17) is 5.73 Å². The highest BCUT2D eigenvalue weighted by Crippen LogP contribution is 2.25. The maximum absolute atomic E-state index is 5.71. The number of aryl methyl sites for hydroxylation is 1. The van der Waals surface area contributed by atoms with Crippen LogP contribution >= 0.6 is 0 Å². The van der Waals surface area contributed by atoms with Gasteiger partial charge in [0.1, 0.15) is 0 Å². The smallest absolute Gasteiger partial charge is 0.205 e. The summed E-state index contributed by atoms with van der Waals surface area (Å²) in [6, 6.07) is 0.637. The number of aromatic nitrogens is 2. The molecule has 1 saturated carbocycles. The molecule has 2 N–H and O–H groups in total. The SMILES string of the molecule is Cn1ccnc1N(CCN)C1CCCCC1. The first kappa shape index (κ1) is 11.5. The lowest BCUT2D eigenvalue weighted by Crippen LogP contribution is -2.41. The Labute approximate surface area is 97.4 Å². The zero-order chi connectivity index (χ0) is 11.4. The lowest BCUT2D eigenvalue weighted by Gasteiger charge is -2.34. The van der Waals surface area contributed by atoms with Crippen molar-refractivity contribution < 1.29 is 0 Å². The van der Waals surface area contributed by atoms with E-state index in [-0.39, 0.29) is 0 Å². The third-order valence-electron chi connectivity index (χ3n) is 3.44. The fourth-order valence-electron chi connectivity index (χ4n) is 2.61. The van der Waals surface area contributed by atoms with Gasteiger partial charge in [-0.2, -0.15) is 0 Å². The number of imidazole rings is 1. The number of hydrogen-bond acceptors (Lipinski definition) is 3. The van der Waals surface area contributed by atoms with Gasteiger partial charge in [-0.3, -0.25) is 0 Å². The highest BCUT2D eigenvalue weighted by molar-refractivity contribution is 5.33. The van der Waals surface area contributed by atoms with Crippen LogP contribution in [0.1, 0.15) is 32.1 Å². The van der Waals surface area contributed by atoms with Crippen LogP contribution in [0.2, 0.25) is 0 Å². The molecule has 1 aliphatic carbocycles. The molecule has 0 unspecified atom stereocenters. The van der Waals surface area contributed by atoms with Crippen LogP contribution in [-0.4, -0.2) is 28.7 Å². The molecule has 4 heteroatoms. The van der Waals surface area contributed by atoms with E-state index in [1.54, 1.807) is 0 Å². The van der Waals surface area contributed by atoms with Crippen molar-refractivity contribution in [1.29, 1.82) is 0 Å². The van der Waals surface area contributed by atoms with Crippen LogP contribution in [0.15, 0.2) is 12.4 Å². The first-order valence-electron chi connectivity index (χ1n) is 6.27. The molecule has 1 aliphatic rings. The molecule has 0 saturated heterocycles. The van der Waals surface area contributed by atoms with Gasteiger partial charge in [-0.25, -0.2) is 4.98 Å². The second-order valence-electron chi connectivity index (χ2n) is 4.61. The van der Waals surface area contributed by atoms with Crippen LogP contribution < -0.4 is 10.6 Å². The molecule has 0 bridgehead atoms. The van der Waals surface area contributed by atoms with Crippen molar-refractivity contribution in [3.8, 4) is 0 Å². The summed E-state index contributed by atoms with van der Waals surface area (Å²) < 4.78 is 2.09. The van der Waals surface area contributed by atoms with Crippen molar-refractivity contribution in [2.24, 2.45) is 12.8 Å². The van der Waals surface area contributed by atoms with E-state index in [1.807, 2.05) is 12.4 Å². The summed E-state index contributed by atoms with van der Waals surface area (Å²) in [5.41, 5.74) is 5.71. The fraction of sp³-hybridized carbons (Fsp3) is 0.750. The van der Waals surface area contributed by atoms with Crippen LogP contribution in [0.4, 0.5) is 5.95 Å². The van der Waals surface area contributed by atoms with E-state index >= 15 is 0 Å². The monoisotopic (exact) mass is 222 g/mol. The zero-order valence-electron chi connectivity index (χ0n) is 10.1. The molecule has 1 aromatic rings. The van der Waals surface area contributed by atoms with Gasteiger partial charge in [0.15, 0.2) is 0 Å². The van der Waals surface area contributed by atoms with Gasteiger partial charge in [-0.15, -0.1) is 0 Å². The van der Waals surface area contributed by atoms with E-state index in [9.17, 15) is 0 Å². The Hall–Kier alpha value is -1.03. The Kier molecular flexibility index (Phi) is 3.83. The summed E-state index contributed by atoms with van der Waals surface area (Å²) >= 11 is 0. The van der Waals surface area contributed by atoms with Crippen molar-refractivity contribution in [2.45, 2.75) is 38.1 Å². The largest absolute Gasteiger partial charge is 0.338 e. The number of nitrogens with two attached hydrogens (primary N) is 1. The van der Waals surface area contributed by atoms with E-state index < -0.39 is 0 Å². The molecule has 0 aliphatic heterocycles. The van der Waals surface area contributed by atoms with Gasteiger partial charge in [0.25, 0.3) is 0 Å². The minimum absolute atomic E-state index is 0.637. The van der Waals surface area contributed by atoms with Gasteiger partial charge in [0.05, 0.1) is 0 Å². The molecule has 4 nitrogen and oxygen atoms in total. The van der Waals surface area contributed by atoms with Crippen LogP contribution in [0.25, 0.3) is 0 Å². The Morgan fingerprint density at radius 1 is 1.44 bits per heavy atom. The Balaban J connectivity index is 2.12. The predicted octanol–water partition coefficient (Wildman–Crippen LogP) is 1.52. The number of nitrogens with zero attached hydrogens (tertiary/aromatic N) is 3. The molecular formula is C12H22N4. The fourth-order valence-corrected chi connectivity index (χ4v) is 2.61. The normalized spacial score (nSPS) is 17.6. The van der Waals surface area contributed by atoms with E-state index in [1.165, 1.54) is 32.1 Å². The number of hydrogen-bond donors (Lipinski definition) is 1. The summed E-state index contributed by atoms with van der Waals surface area (Å²) in [6.07, 6.45) is 10.5. The Morgan fingerprint density at radius 2 is 2.19 bits per heavy atom. The van der Waals surface area contributed by atoms with E-state index in [0.29, 0.717) is 12.6 Å². The first-order chi connectivity index (χ1) is 7.83. The van der Waals surface area contributed by atoms with Crippen molar-refractivity contribution in [3.63, 3.8) is 0 Å². The number of rotatable bonds is 4. The summed E-state index contributed by atoms with van der Waals surface area (Å²) in [5.74, 6) is 1.07. The van der Waals surface area contributed by atoms with Gasteiger partial charge in [0, 0.05) is 38.6 Å². The van der Waals surface area contributed by atoms with Crippen molar-refractivity contribution in [3.05, 3.63) is 12.4 Å². The Bertz CT molecular complexity index is 315. The molecule has 1 aromatic heterocycles. The molecule has 0 radical (unpaired) electrons. The molecule has 90 valence electrons. The van der Waals surface area contributed by atoms with Crippen molar-refractivity contribution in [1.82, 2.24) is 9.55 Å². The summed E-state index contributed by atoms with van der Waals surface area (Å²) in [4.78, 5) is 6.83. The van der Waals surface area contributed by atoms with Crippen molar-refractivity contribution in [2.75, 3.05) is 18.0 Å². The maximum Gasteiger partial charge on any atom is 0.205 e. The van der Waals surface area contributed by atoms with Gasteiger partial charge in [-0.1, -0.05) is 19.3 Å². The Morgan fingerprint density at radius 3 is 2.75 bits per heavy atom. The number of anilines is 1. The molecule has 0 aromatic carbocycles. The third kappa shape index (κ3) is 2.38. The van der Waals surface area contributed by atoms with Gasteiger partial charge in [-0.05, 0) is 12.8 Å². The minimum Gasteiger partial charge on any atom is -0.338 e.